The highest BCUT2D eigenvalue weighted by atomic mass is 16.3. The molecular formula is C13H19N3O. The molecular weight excluding hydrogens is 214 g/mol. The zero-order chi connectivity index (χ0) is 11.9. The topological polar surface area (TPSA) is 43.0 Å². The maximum absolute atomic E-state index is 5.32. The van der Waals surface area contributed by atoms with E-state index in [0.717, 1.165) is 31.7 Å². The minimum atomic E-state index is 0.443. The first kappa shape index (κ1) is 11.9. The highest BCUT2D eigenvalue weighted by Gasteiger charge is 2.04. The SMILES string of the molecule is CC(Cc1ccco1)NCCCn1cccn1. The first-order chi connectivity index (χ1) is 8.34. The number of nitrogens with one attached hydrogen (secondary N) is 1. The molecule has 0 spiro atoms. The van der Waals surface area contributed by atoms with Crippen molar-refractivity contribution >= 4 is 0 Å². The minimum Gasteiger partial charge on any atom is -0.469 e. The van der Waals surface area contributed by atoms with E-state index in [1.54, 1.807) is 6.26 Å². The van der Waals surface area contributed by atoms with Gasteiger partial charge in [-0.1, -0.05) is 0 Å². The first-order valence-electron chi connectivity index (χ1n) is 6.08. The number of aryl methyl sites for hydroxylation is 1. The third kappa shape index (κ3) is 4.07. The number of hydrogen-bond acceptors (Lipinski definition) is 3. The van der Waals surface area contributed by atoms with Gasteiger partial charge in [0.25, 0.3) is 0 Å². The summed E-state index contributed by atoms with van der Waals surface area (Å²) in [6.07, 6.45) is 7.55. The average molecular weight is 233 g/mol. The lowest BCUT2D eigenvalue weighted by molar-refractivity contribution is 0.445. The molecule has 2 heterocycles. The van der Waals surface area contributed by atoms with Crippen LogP contribution >= 0.6 is 0 Å². The van der Waals surface area contributed by atoms with Gasteiger partial charge in [0.1, 0.15) is 5.76 Å². The van der Waals surface area contributed by atoms with E-state index in [1.807, 2.05) is 35.3 Å². The fraction of sp³-hybridized carbons (Fsp3) is 0.462. The lowest BCUT2D eigenvalue weighted by atomic mass is 10.2. The van der Waals surface area contributed by atoms with Crippen molar-refractivity contribution in [3.05, 3.63) is 42.6 Å². The zero-order valence-electron chi connectivity index (χ0n) is 10.2. The van der Waals surface area contributed by atoms with Gasteiger partial charge < -0.3 is 9.73 Å². The first-order valence-corrected chi connectivity index (χ1v) is 6.08. The Balaban J connectivity index is 1.58. The van der Waals surface area contributed by atoms with E-state index in [0.29, 0.717) is 6.04 Å². The lowest BCUT2D eigenvalue weighted by Gasteiger charge is -2.12. The van der Waals surface area contributed by atoms with Crippen LogP contribution in [0.4, 0.5) is 0 Å². The summed E-state index contributed by atoms with van der Waals surface area (Å²) in [4.78, 5) is 0. The molecule has 4 nitrogen and oxygen atoms in total. The Labute approximate surface area is 102 Å². The molecule has 0 bridgehead atoms. The highest BCUT2D eigenvalue weighted by molar-refractivity contribution is 4.99. The number of nitrogens with zero attached hydrogens (tertiary/aromatic N) is 2. The fourth-order valence-electron chi connectivity index (χ4n) is 1.82. The minimum absolute atomic E-state index is 0.443. The fourth-order valence-corrected chi connectivity index (χ4v) is 1.82. The lowest BCUT2D eigenvalue weighted by Crippen LogP contribution is -2.29. The molecule has 0 fully saturated rings. The Morgan fingerprint density at radius 3 is 3.12 bits per heavy atom. The zero-order valence-corrected chi connectivity index (χ0v) is 10.2. The molecule has 0 saturated heterocycles. The van der Waals surface area contributed by atoms with Crippen LogP contribution in [0.5, 0.6) is 0 Å². The number of hydrogen-bond donors (Lipinski definition) is 1. The number of aromatic nitrogens is 2. The van der Waals surface area contributed by atoms with E-state index < -0.39 is 0 Å². The van der Waals surface area contributed by atoms with Crippen molar-refractivity contribution in [3.63, 3.8) is 0 Å². The Kier molecular flexibility index (Phi) is 4.38. The molecule has 2 aromatic rings. The van der Waals surface area contributed by atoms with Gasteiger partial charge in [0.2, 0.25) is 0 Å². The van der Waals surface area contributed by atoms with Crippen LogP contribution in [0.2, 0.25) is 0 Å². The van der Waals surface area contributed by atoms with E-state index in [4.69, 9.17) is 4.42 Å². The normalized spacial score (nSPS) is 12.8. The van der Waals surface area contributed by atoms with Crippen molar-refractivity contribution in [3.8, 4) is 0 Å². The molecule has 17 heavy (non-hydrogen) atoms. The predicted octanol–water partition coefficient (Wildman–Crippen LogP) is 2.09. The maximum atomic E-state index is 5.32. The summed E-state index contributed by atoms with van der Waals surface area (Å²) in [7, 11) is 0. The van der Waals surface area contributed by atoms with E-state index in [-0.39, 0.29) is 0 Å². The summed E-state index contributed by atoms with van der Waals surface area (Å²) < 4.78 is 7.27. The Bertz CT molecular complexity index is 394. The second-order valence-corrected chi connectivity index (χ2v) is 4.26. The second kappa shape index (κ2) is 6.25. The monoisotopic (exact) mass is 233 g/mol. The van der Waals surface area contributed by atoms with Gasteiger partial charge in [-0.05, 0) is 38.1 Å². The van der Waals surface area contributed by atoms with Gasteiger partial charge in [0, 0.05) is 31.4 Å². The molecule has 92 valence electrons. The molecule has 2 rings (SSSR count). The van der Waals surface area contributed by atoms with Gasteiger partial charge in [-0.15, -0.1) is 0 Å². The smallest absolute Gasteiger partial charge is 0.105 e. The molecule has 0 aromatic carbocycles. The van der Waals surface area contributed by atoms with Crippen molar-refractivity contribution in [1.82, 2.24) is 15.1 Å². The molecule has 0 aliphatic rings. The van der Waals surface area contributed by atoms with Crippen LogP contribution in [0, 0.1) is 0 Å². The maximum Gasteiger partial charge on any atom is 0.105 e. The summed E-state index contributed by atoms with van der Waals surface area (Å²) in [5.41, 5.74) is 0. The summed E-state index contributed by atoms with van der Waals surface area (Å²) in [6.45, 7) is 4.14. The predicted molar refractivity (Wildman–Crippen MR) is 66.7 cm³/mol. The summed E-state index contributed by atoms with van der Waals surface area (Å²) >= 11 is 0. The Hall–Kier alpha value is -1.55. The van der Waals surface area contributed by atoms with E-state index in [1.165, 1.54) is 0 Å². The molecule has 4 heteroatoms. The van der Waals surface area contributed by atoms with Crippen molar-refractivity contribution in [2.45, 2.75) is 32.4 Å². The van der Waals surface area contributed by atoms with Crippen molar-refractivity contribution in [2.75, 3.05) is 6.54 Å². The van der Waals surface area contributed by atoms with Crippen molar-refractivity contribution in [1.29, 1.82) is 0 Å². The number of rotatable bonds is 7. The Morgan fingerprint density at radius 1 is 1.47 bits per heavy atom. The van der Waals surface area contributed by atoms with Crippen LogP contribution in [-0.4, -0.2) is 22.4 Å². The standard InChI is InChI=1S/C13H19N3O/c1-12(11-13-5-2-10-17-13)14-6-3-8-16-9-4-7-15-16/h2,4-5,7,9-10,12,14H,3,6,8,11H2,1H3. The molecule has 0 aliphatic carbocycles. The van der Waals surface area contributed by atoms with Crippen LogP contribution in [0.15, 0.2) is 41.3 Å². The number of furan rings is 1. The van der Waals surface area contributed by atoms with Crippen LogP contribution in [0.3, 0.4) is 0 Å². The van der Waals surface area contributed by atoms with Gasteiger partial charge in [-0.2, -0.15) is 5.10 Å². The van der Waals surface area contributed by atoms with Gasteiger partial charge >= 0.3 is 0 Å². The van der Waals surface area contributed by atoms with Gasteiger partial charge in [0.05, 0.1) is 6.26 Å². The molecule has 2 aromatic heterocycles. The molecule has 0 radical (unpaired) electrons. The van der Waals surface area contributed by atoms with Gasteiger partial charge in [-0.25, -0.2) is 0 Å². The quantitative estimate of drug-likeness (QED) is 0.745. The third-order valence-electron chi connectivity index (χ3n) is 2.70. The van der Waals surface area contributed by atoms with Crippen molar-refractivity contribution < 1.29 is 4.42 Å². The van der Waals surface area contributed by atoms with Gasteiger partial charge in [0.15, 0.2) is 0 Å². The molecule has 0 saturated carbocycles. The molecule has 1 N–H and O–H groups in total. The molecule has 0 aliphatic heterocycles. The molecule has 0 amide bonds. The second-order valence-electron chi connectivity index (χ2n) is 4.26. The summed E-state index contributed by atoms with van der Waals surface area (Å²) in [5, 5.41) is 7.65. The summed E-state index contributed by atoms with van der Waals surface area (Å²) in [5.74, 6) is 1.04. The van der Waals surface area contributed by atoms with E-state index >= 15 is 0 Å². The third-order valence-corrected chi connectivity index (χ3v) is 2.70. The van der Waals surface area contributed by atoms with Gasteiger partial charge in [-0.3, -0.25) is 4.68 Å². The van der Waals surface area contributed by atoms with E-state index in [2.05, 4.69) is 17.3 Å². The average Bonchev–Trinajstić information content (AvgIpc) is 2.96. The van der Waals surface area contributed by atoms with Crippen LogP contribution in [0.25, 0.3) is 0 Å². The van der Waals surface area contributed by atoms with Crippen molar-refractivity contribution in [2.24, 2.45) is 0 Å². The molecule has 1 atom stereocenters. The van der Waals surface area contributed by atoms with Crippen LogP contribution in [-0.2, 0) is 13.0 Å². The largest absolute Gasteiger partial charge is 0.469 e. The summed E-state index contributed by atoms with van der Waals surface area (Å²) in [6, 6.07) is 6.34. The molecule has 1 unspecified atom stereocenters. The van der Waals surface area contributed by atoms with Crippen LogP contribution in [0.1, 0.15) is 19.1 Å². The Morgan fingerprint density at radius 2 is 2.41 bits per heavy atom. The van der Waals surface area contributed by atoms with Crippen LogP contribution < -0.4 is 5.32 Å². The van der Waals surface area contributed by atoms with E-state index in [9.17, 15) is 0 Å². The highest BCUT2D eigenvalue weighted by Crippen LogP contribution is 2.03.